The maximum absolute atomic E-state index is 5.36. The summed E-state index contributed by atoms with van der Waals surface area (Å²) >= 11 is 0. The average molecular weight is 225 g/mol. The fourth-order valence-electron chi connectivity index (χ4n) is 1.92. The Morgan fingerprint density at radius 3 is 2.69 bits per heavy atom. The summed E-state index contributed by atoms with van der Waals surface area (Å²) in [4.78, 5) is 0. The molecule has 0 amide bonds. The first kappa shape index (κ1) is 11.5. The van der Waals surface area contributed by atoms with Crippen LogP contribution in [0.5, 0.6) is 0 Å². The van der Waals surface area contributed by atoms with Gasteiger partial charge >= 0.3 is 0 Å². The molecule has 1 aromatic heterocycles. The van der Waals surface area contributed by atoms with Crippen molar-refractivity contribution in [1.29, 1.82) is 0 Å². The van der Waals surface area contributed by atoms with Crippen molar-refractivity contribution >= 4 is 0 Å². The summed E-state index contributed by atoms with van der Waals surface area (Å²) in [6.45, 7) is 7.46. The molecule has 1 saturated heterocycles. The van der Waals surface area contributed by atoms with E-state index in [0.29, 0.717) is 23.7 Å². The minimum absolute atomic E-state index is 0.341. The fraction of sp³-hybridized carbons (Fsp3) is 0.818. The van der Waals surface area contributed by atoms with Crippen LogP contribution in [0.25, 0.3) is 0 Å². The summed E-state index contributed by atoms with van der Waals surface area (Å²) in [6.07, 6.45) is 2.23. The van der Waals surface area contributed by atoms with Gasteiger partial charge < -0.3 is 14.5 Å². The van der Waals surface area contributed by atoms with Gasteiger partial charge in [-0.2, -0.15) is 0 Å². The second-order valence-electron chi connectivity index (χ2n) is 4.74. The van der Waals surface area contributed by atoms with Crippen LogP contribution in [0, 0.1) is 12.3 Å². The molecule has 0 radical (unpaired) electrons. The van der Waals surface area contributed by atoms with Gasteiger partial charge in [0.1, 0.15) is 0 Å². The van der Waals surface area contributed by atoms with E-state index in [9.17, 15) is 0 Å². The normalized spacial score (nSPS) is 19.9. The van der Waals surface area contributed by atoms with Crippen LogP contribution in [-0.2, 0) is 11.3 Å². The Kier molecular flexibility index (Phi) is 3.56. The standard InChI is InChI=1S/C11H19N3O2/c1-9-13-14-10(16-9)7-12-8-11(2)3-5-15-6-4-11/h12H,3-8H2,1-2H3. The van der Waals surface area contributed by atoms with Crippen molar-refractivity contribution in [3.63, 3.8) is 0 Å². The van der Waals surface area contributed by atoms with E-state index in [-0.39, 0.29) is 0 Å². The predicted octanol–water partition coefficient (Wildman–Crippen LogP) is 1.28. The van der Waals surface area contributed by atoms with E-state index in [1.54, 1.807) is 6.92 Å². The van der Waals surface area contributed by atoms with Crippen LogP contribution in [0.15, 0.2) is 4.42 Å². The molecule has 1 aliphatic heterocycles. The van der Waals surface area contributed by atoms with E-state index in [2.05, 4.69) is 22.4 Å². The Balaban J connectivity index is 1.74. The van der Waals surface area contributed by atoms with E-state index in [1.165, 1.54) is 0 Å². The second-order valence-corrected chi connectivity index (χ2v) is 4.74. The van der Waals surface area contributed by atoms with E-state index >= 15 is 0 Å². The monoisotopic (exact) mass is 225 g/mol. The molecule has 0 bridgehead atoms. The Morgan fingerprint density at radius 1 is 1.31 bits per heavy atom. The molecule has 0 aliphatic carbocycles. The van der Waals surface area contributed by atoms with Gasteiger partial charge in [-0.1, -0.05) is 6.92 Å². The fourth-order valence-corrected chi connectivity index (χ4v) is 1.92. The van der Waals surface area contributed by atoms with Gasteiger partial charge in [-0.25, -0.2) is 0 Å². The van der Waals surface area contributed by atoms with Gasteiger partial charge in [-0.05, 0) is 18.3 Å². The zero-order valence-electron chi connectivity index (χ0n) is 9.95. The Hall–Kier alpha value is -0.940. The van der Waals surface area contributed by atoms with Crippen LogP contribution >= 0.6 is 0 Å². The van der Waals surface area contributed by atoms with Crippen molar-refractivity contribution < 1.29 is 9.15 Å². The third-order valence-corrected chi connectivity index (χ3v) is 3.10. The summed E-state index contributed by atoms with van der Waals surface area (Å²) in [7, 11) is 0. The van der Waals surface area contributed by atoms with Gasteiger partial charge in [-0.15, -0.1) is 10.2 Å². The van der Waals surface area contributed by atoms with Gasteiger partial charge in [0.2, 0.25) is 11.8 Å². The van der Waals surface area contributed by atoms with Gasteiger partial charge in [0.15, 0.2) is 0 Å². The minimum Gasteiger partial charge on any atom is -0.424 e. The lowest BCUT2D eigenvalue weighted by molar-refractivity contribution is 0.0238. The Morgan fingerprint density at radius 2 is 2.06 bits per heavy atom. The maximum atomic E-state index is 5.36. The molecule has 5 nitrogen and oxygen atoms in total. The molecule has 5 heteroatoms. The maximum Gasteiger partial charge on any atom is 0.230 e. The highest BCUT2D eigenvalue weighted by atomic mass is 16.5. The van der Waals surface area contributed by atoms with Crippen molar-refractivity contribution in [3.05, 3.63) is 11.8 Å². The molecule has 0 aromatic carbocycles. The number of rotatable bonds is 4. The van der Waals surface area contributed by atoms with Gasteiger partial charge in [0.25, 0.3) is 0 Å². The van der Waals surface area contributed by atoms with Crippen LogP contribution in [0.1, 0.15) is 31.5 Å². The lowest BCUT2D eigenvalue weighted by atomic mass is 9.82. The first-order valence-corrected chi connectivity index (χ1v) is 5.75. The molecule has 0 spiro atoms. The summed E-state index contributed by atoms with van der Waals surface area (Å²) in [5.41, 5.74) is 0.341. The molecule has 2 rings (SSSR count). The third kappa shape index (κ3) is 3.02. The highest BCUT2D eigenvalue weighted by Crippen LogP contribution is 2.28. The molecule has 90 valence electrons. The average Bonchev–Trinajstić information content (AvgIpc) is 2.65. The van der Waals surface area contributed by atoms with Crippen LogP contribution in [0.3, 0.4) is 0 Å². The van der Waals surface area contributed by atoms with E-state index in [1.807, 2.05) is 0 Å². The number of nitrogens with one attached hydrogen (secondary N) is 1. The molecular weight excluding hydrogens is 206 g/mol. The summed E-state index contributed by atoms with van der Waals surface area (Å²) < 4.78 is 10.7. The van der Waals surface area contributed by atoms with Crippen molar-refractivity contribution in [2.45, 2.75) is 33.2 Å². The molecule has 1 N–H and O–H groups in total. The topological polar surface area (TPSA) is 60.2 Å². The van der Waals surface area contributed by atoms with Crippen molar-refractivity contribution in [3.8, 4) is 0 Å². The first-order chi connectivity index (χ1) is 7.68. The SMILES string of the molecule is Cc1nnc(CNCC2(C)CCOCC2)o1. The minimum atomic E-state index is 0.341. The lowest BCUT2D eigenvalue weighted by Crippen LogP contribution is -2.36. The van der Waals surface area contributed by atoms with Crippen molar-refractivity contribution in [2.24, 2.45) is 5.41 Å². The summed E-state index contributed by atoms with van der Waals surface area (Å²) in [5, 5.41) is 11.1. The van der Waals surface area contributed by atoms with Crippen LogP contribution < -0.4 is 5.32 Å². The number of hydrogen-bond acceptors (Lipinski definition) is 5. The molecule has 0 atom stereocenters. The Bertz CT molecular complexity index is 332. The van der Waals surface area contributed by atoms with Gasteiger partial charge in [0.05, 0.1) is 6.54 Å². The summed E-state index contributed by atoms with van der Waals surface area (Å²) in [5.74, 6) is 1.28. The number of hydrogen-bond donors (Lipinski definition) is 1. The molecule has 0 saturated carbocycles. The molecule has 1 fully saturated rings. The number of aromatic nitrogens is 2. The number of nitrogens with zero attached hydrogens (tertiary/aromatic N) is 2. The molecule has 1 aromatic rings. The zero-order chi connectivity index (χ0) is 11.4. The predicted molar refractivity (Wildman–Crippen MR) is 58.9 cm³/mol. The van der Waals surface area contributed by atoms with Crippen molar-refractivity contribution in [2.75, 3.05) is 19.8 Å². The summed E-state index contributed by atoms with van der Waals surface area (Å²) in [6, 6.07) is 0. The number of ether oxygens (including phenoxy) is 1. The van der Waals surface area contributed by atoms with Crippen LogP contribution in [-0.4, -0.2) is 30.0 Å². The highest BCUT2D eigenvalue weighted by molar-refractivity contribution is 4.82. The molecule has 1 aliphatic rings. The molecule has 16 heavy (non-hydrogen) atoms. The van der Waals surface area contributed by atoms with E-state index in [0.717, 1.165) is 32.6 Å². The first-order valence-electron chi connectivity index (χ1n) is 5.75. The molecular formula is C11H19N3O2. The smallest absolute Gasteiger partial charge is 0.230 e. The Labute approximate surface area is 95.6 Å². The molecule has 2 heterocycles. The largest absolute Gasteiger partial charge is 0.424 e. The van der Waals surface area contributed by atoms with E-state index < -0.39 is 0 Å². The highest BCUT2D eigenvalue weighted by Gasteiger charge is 2.26. The third-order valence-electron chi connectivity index (χ3n) is 3.10. The molecule has 0 unspecified atom stereocenters. The quantitative estimate of drug-likeness (QED) is 0.836. The zero-order valence-corrected chi connectivity index (χ0v) is 9.95. The second kappa shape index (κ2) is 4.93. The lowest BCUT2D eigenvalue weighted by Gasteiger charge is -2.33. The van der Waals surface area contributed by atoms with E-state index in [4.69, 9.17) is 9.15 Å². The number of aryl methyl sites for hydroxylation is 1. The van der Waals surface area contributed by atoms with Gasteiger partial charge in [0, 0.05) is 26.7 Å². The van der Waals surface area contributed by atoms with Gasteiger partial charge in [-0.3, -0.25) is 0 Å². The van der Waals surface area contributed by atoms with Crippen LogP contribution in [0.4, 0.5) is 0 Å². The van der Waals surface area contributed by atoms with Crippen molar-refractivity contribution in [1.82, 2.24) is 15.5 Å². The van der Waals surface area contributed by atoms with Crippen LogP contribution in [0.2, 0.25) is 0 Å².